The van der Waals surface area contributed by atoms with Gasteiger partial charge in [0, 0.05) is 6.04 Å². The molecule has 0 aromatic rings. The number of sulfonamides is 1. The van der Waals surface area contributed by atoms with E-state index in [4.69, 9.17) is 4.74 Å². The molecule has 1 saturated heterocycles. The summed E-state index contributed by atoms with van der Waals surface area (Å²) in [7, 11) is -3.19. The van der Waals surface area contributed by atoms with Gasteiger partial charge in [0.2, 0.25) is 10.0 Å². The molecular weight excluding hydrogens is 352 g/mol. The van der Waals surface area contributed by atoms with Crippen molar-refractivity contribution >= 4 is 28.0 Å². The SMILES string of the molecule is COC(=O)C(C)S(=O)(=O)NC(=O)[C@@H]1C[C@H]2C[C@H]2N1C(=O)OC(C)(C)C. The van der Waals surface area contributed by atoms with Crippen molar-refractivity contribution in [2.75, 3.05) is 7.11 Å². The molecule has 10 heteroatoms. The van der Waals surface area contributed by atoms with Crippen LogP contribution in [0.3, 0.4) is 0 Å². The number of fused-ring (bicyclic) bond motifs is 1. The lowest BCUT2D eigenvalue weighted by Crippen LogP contribution is -2.52. The number of hydrogen-bond donors (Lipinski definition) is 1. The smallest absolute Gasteiger partial charge is 0.411 e. The molecule has 0 radical (unpaired) electrons. The predicted octanol–water partition coefficient (Wildman–Crippen LogP) is 0.392. The Labute approximate surface area is 147 Å². The van der Waals surface area contributed by atoms with E-state index < -0.39 is 44.9 Å². The average molecular weight is 376 g/mol. The predicted molar refractivity (Wildman–Crippen MR) is 86.9 cm³/mol. The summed E-state index contributed by atoms with van der Waals surface area (Å²) in [6, 6.07) is -1.04. The highest BCUT2D eigenvalue weighted by Gasteiger charge is 2.57. The molecule has 1 saturated carbocycles. The molecule has 1 unspecified atom stereocenters. The first-order valence-corrected chi connectivity index (χ1v) is 9.56. The number of likely N-dealkylation sites (tertiary alicyclic amines) is 1. The van der Waals surface area contributed by atoms with Crippen molar-refractivity contribution < 1.29 is 32.3 Å². The lowest BCUT2D eigenvalue weighted by atomic mass is 10.1. The van der Waals surface area contributed by atoms with E-state index >= 15 is 0 Å². The van der Waals surface area contributed by atoms with Crippen molar-refractivity contribution in [3.63, 3.8) is 0 Å². The van der Waals surface area contributed by atoms with Crippen LogP contribution in [0.5, 0.6) is 0 Å². The number of esters is 1. The van der Waals surface area contributed by atoms with Gasteiger partial charge in [0.1, 0.15) is 11.6 Å². The lowest BCUT2D eigenvalue weighted by Gasteiger charge is -2.30. The minimum Gasteiger partial charge on any atom is -0.468 e. The molecule has 1 heterocycles. The molecule has 1 aliphatic heterocycles. The number of amides is 2. The van der Waals surface area contributed by atoms with Gasteiger partial charge in [0.05, 0.1) is 7.11 Å². The van der Waals surface area contributed by atoms with Crippen LogP contribution >= 0.6 is 0 Å². The average Bonchev–Trinajstić information content (AvgIpc) is 3.13. The van der Waals surface area contributed by atoms with Crippen LogP contribution in [0, 0.1) is 5.92 Å². The van der Waals surface area contributed by atoms with Crippen LogP contribution in [-0.2, 0) is 29.1 Å². The summed E-state index contributed by atoms with van der Waals surface area (Å²) in [5.41, 5.74) is -0.726. The van der Waals surface area contributed by atoms with Crippen LogP contribution in [0.1, 0.15) is 40.5 Å². The van der Waals surface area contributed by atoms with Crippen molar-refractivity contribution in [2.24, 2.45) is 5.92 Å². The number of carbonyl (C=O) groups is 3. The van der Waals surface area contributed by atoms with Gasteiger partial charge < -0.3 is 9.47 Å². The number of hydrogen-bond acceptors (Lipinski definition) is 7. The zero-order chi connectivity index (χ0) is 19.2. The Hall–Kier alpha value is -1.84. The molecule has 4 atom stereocenters. The highest BCUT2D eigenvalue weighted by Crippen LogP contribution is 2.48. The third-order valence-corrected chi connectivity index (χ3v) is 5.86. The Morgan fingerprint density at radius 3 is 2.32 bits per heavy atom. The molecule has 2 rings (SSSR count). The molecule has 2 amide bonds. The quantitative estimate of drug-likeness (QED) is 0.705. The van der Waals surface area contributed by atoms with Crippen molar-refractivity contribution in [3.8, 4) is 0 Å². The largest absolute Gasteiger partial charge is 0.468 e. The zero-order valence-electron chi connectivity index (χ0n) is 14.9. The minimum absolute atomic E-state index is 0.105. The van der Waals surface area contributed by atoms with Crippen molar-refractivity contribution in [1.29, 1.82) is 0 Å². The number of nitrogens with zero attached hydrogens (tertiary/aromatic N) is 1. The molecule has 142 valence electrons. The first-order valence-electron chi connectivity index (χ1n) is 8.02. The molecule has 0 bridgehead atoms. The molecule has 2 fully saturated rings. The van der Waals surface area contributed by atoms with Gasteiger partial charge in [-0.15, -0.1) is 0 Å². The first-order chi connectivity index (χ1) is 11.4. The maximum Gasteiger partial charge on any atom is 0.411 e. The monoisotopic (exact) mass is 376 g/mol. The van der Waals surface area contributed by atoms with Gasteiger partial charge in [-0.2, -0.15) is 0 Å². The topological polar surface area (TPSA) is 119 Å². The Morgan fingerprint density at radius 1 is 1.20 bits per heavy atom. The second kappa shape index (κ2) is 6.47. The summed E-state index contributed by atoms with van der Waals surface area (Å²) in [5.74, 6) is -1.64. The Bertz CT molecular complexity index is 682. The van der Waals surface area contributed by atoms with Crippen molar-refractivity contribution in [3.05, 3.63) is 0 Å². The number of piperidine rings is 1. The third kappa shape index (κ3) is 4.23. The fourth-order valence-electron chi connectivity index (χ4n) is 2.86. The third-order valence-electron chi connectivity index (χ3n) is 4.25. The molecule has 9 nitrogen and oxygen atoms in total. The van der Waals surface area contributed by atoms with E-state index in [1.807, 2.05) is 4.72 Å². The molecule has 25 heavy (non-hydrogen) atoms. The highest BCUT2D eigenvalue weighted by molar-refractivity contribution is 7.91. The molecule has 2 aliphatic rings. The Morgan fingerprint density at radius 2 is 1.80 bits per heavy atom. The van der Waals surface area contributed by atoms with Gasteiger partial charge in [-0.25, -0.2) is 13.2 Å². The van der Waals surface area contributed by atoms with Gasteiger partial charge in [0.15, 0.2) is 5.25 Å². The summed E-state index contributed by atoms with van der Waals surface area (Å²) < 4.78 is 35.8. The lowest BCUT2D eigenvalue weighted by molar-refractivity contribution is -0.139. The van der Waals surface area contributed by atoms with E-state index in [-0.39, 0.29) is 12.0 Å². The maximum atomic E-state index is 12.4. The molecular formula is C15H24N2O7S. The summed E-state index contributed by atoms with van der Waals surface area (Å²) in [4.78, 5) is 37.5. The molecule has 1 N–H and O–H groups in total. The fourth-order valence-corrected chi connectivity index (χ4v) is 3.80. The van der Waals surface area contributed by atoms with Crippen LogP contribution in [0.25, 0.3) is 0 Å². The van der Waals surface area contributed by atoms with Gasteiger partial charge in [-0.3, -0.25) is 19.2 Å². The van der Waals surface area contributed by atoms with Gasteiger partial charge >= 0.3 is 12.1 Å². The molecule has 0 aromatic heterocycles. The molecule has 0 spiro atoms. The van der Waals surface area contributed by atoms with E-state index in [0.29, 0.717) is 6.42 Å². The maximum absolute atomic E-state index is 12.4. The fraction of sp³-hybridized carbons (Fsp3) is 0.800. The summed E-state index contributed by atoms with van der Waals surface area (Å²) >= 11 is 0. The first kappa shape index (κ1) is 19.5. The second-order valence-corrected chi connectivity index (χ2v) is 9.38. The van der Waals surface area contributed by atoms with E-state index in [0.717, 1.165) is 20.5 Å². The highest BCUT2D eigenvalue weighted by atomic mass is 32.2. The number of carbonyl (C=O) groups excluding carboxylic acids is 3. The van der Waals surface area contributed by atoms with Crippen LogP contribution in [0.15, 0.2) is 0 Å². The minimum atomic E-state index is -4.25. The van der Waals surface area contributed by atoms with Crippen molar-refractivity contribution in [1.82, 2.24) is 9.62 Å². The summed E-state index contributed by atoms with van der Waals surface area (Å²) in [5, 5.41) is -1.53. The Balaban J connectivity index is 2.10. The molecule has 1 aliphatic carbocycles. The second-order valence-electron chi connectivity index (χ2n) is 7.38. The normalized spacial score (nSPS) is 26.4. The van der Waals surface area contributed by atoms with E-state index in [1.54, 1.807) is 20.8 Å². The van der Waals surface area contributed by atoms with E-state index in [1.165, 1.54) is 4.90 Å². The number of rotatable bonds is 4. The van der Waals surface area contributed by atoms with Crippen LogP contribution in [0.2, 0.25) is 0 Å². The van der Waals surface area contributed by atoms with Gasteiger partial charge in [0.25, 0.3) is 5.91 Å². The van der Waals surface area contributed by atoms with Gasteiger partial charge in [-0.05, 0) is 46.5 Å². The Kier molecular flexibility index (Phi) is 5.04. The van der Waals surface area contributed by atoms with Crippen molar-refractivity contribution in [2.45, 2.75) is 63.5 Å². The van der Waals surface area contributed by atoms with Crippen LogP contribution in [0.4, 0.5) is 4.79 Å². The van der Waals surface area contributed by atoms with Crippen LogP contribution in [-0.4, -0.2) is 61.3 Å². The number of methoxy groups -OCH3 is 1. The van der Waals surface area contributed by atoms with E-state index in [9.17, 15) is 22.8 Å². The van der Waals surface area contributed by atoms with E-state index in [2.05, 4.69) is 4.74 Å². The number of nitrogens with one attached hydrogen (secondary N) is 1. The standard InChI is InChI=1S/C15H24N2O7S/c1-8(13(19)23-5)25(21,22)16-12(18)11-7-9-6-10(9)17(11)14(20)24-15(2,3)4/h8-11H,6-7H2,1-5H3,(H,16,18)/t8?,9-,10-,11+/m1/s1. The molecule has 0 aromatic carbocycles. The summed E-state index contributed by atoms with van der Waals surface area (Å²) in [6.07, 6.45) is 0.503. The van der Waals surface area contributed by atoms with Crippen LogP contribution < -0.4 is 4.72 Å². The summed E-state index contributed by atoms with van der Waals surface area (Å²) in [6.45, 7) is 6.26. The van der Waals surface area contributed by atoms with Gasteiger partial charge in [-0.1, -0.05) is 0 Å². The zero-order valence-corrected chi connectivity index (χ0v) is 15.8. The number of ether oxygens (including phenoxy) is 2.